The van der Waals surface area contributed by atoms with Crippen LogP contribution in [0.4, 0.5) is 0 Å². The number of aryl methyl sites for hydroxylation is 1. The van der Waals surface area contributed by atoms with E-state index in [0.717, 1.165) is 25.4 Å². The van der Waals surface area contributed by atoms with Crippen LogP contribution >= 0.6 is 7.82 Å². The smallest absolute Gasteiger partial charge is 0.404 e. The van der Waals surface area contributed by atoms with Gasteiger partial charge < -0.3 is 9.05 Å². The lowest BCUT2D eigenvalue weighted by Gasteiger charge is -2.22. The zero-order valence-corrected chi connectivity index (χ0v) is 15.1. The summed E-state index contributed by atoms with van der Waals surface area (Å²) in [5, 5.41) is 0. The van der Waals surface area contributed by atoms with E-state index in [0.29, 0.717) is 5.92 Å². The predicted molar refractivity (Wildman–Crippen MR) is 96.7 cm³/mol. The molecule has 0 saturated heterocycles. The highest BCUT2D eigenvalue weighted by Crippen LogP contribution is 2.49. The molecule has 0 atom stereocenters. The summed E-state index contributed by atoms with van der Waals surface area (Å²) in [5.41, 5.74) is 2.73. The van der Waals surface area contributed by atoms with Gasteiger partial charge in [0, 0.05) is 0 Å². The summed E-state index contributed by atoms with van der Waals surface area (Å²) < 4.78 is 27.0. The molecule has 1 fully saturated rings. The molecule has 0 N–H and O–H groups in total. The summed E-state index contributed by atoms with van der Waals surface area (Å²) in [6.45, 7) is 7.02. The number of phosphoric ester groups is 1. The molecular weight excluding hydrogens is 323 g/mol. The van der Waals surface area contributed by atoms with Crippen LogP contribution in [0.2, 0.25) is 0 Å². The average molecular weight is 350 g/mol. The van der Waals surface area contributed by atoms with Crippen LogP contribution in [0.5, 0.6) is 0 Å². The second-order valence-electron chi connectivity index (χ2n) is 6.01. The van der Waals surface area contributed by atoms with E-state index in [9.17, 15) is 4.57 Å². The van der Waals surface area contributed by atoms with E-state index in [-0.39, 0.29) is 6.61 Å². The normalized spacial score (nSPS) is 15.7. The molecule has 0 aromatic heterocycles. The van der Waals surface area contributed by atoms with Crippen molar-refractivity contribution >= 4 is 7.82 Å². The summed E-state index contributed by atoms with van der Waals surface area (Å²) in [5.74, 6) is 0.706. The van der Waals surface area contributed by atoms with Gasteiger partial charge in [-0.15, -0.1) is 0 Å². The number of hydrogen-bond acceptors (Lipinski definition) is 4. The topological polar surface area (TPSA) is 44.8 Å². The fourth-order valence-corrected chi connectivity index (χ4v) is 4.05. The molecule has 5 heteroatoms. The molecule has 1 saturated carbocycles. The van der Waals surface area contributed by atoms with Crippen molar-refractivity contribution in [1.29, 1.82) is 0 Å². The van der Waals surface area contributed by atoms with E-state index >= 15 is 0 Å². The quantitative estimate of drug-likeness (QED) is 0.290. The second kappa shape index (κ2) is 9.71. The molecule has 1 aromatic carbocycles. The van der Waals surface area contributed by atoms with Gasteiger partial charge in [0.25, 0.3) is 0 Å². The molecule has 0 heterocycles. The van der Waals surface area contributed by atoms with Crippen LogP contribution in [0.1, 0.15) is 55.6 Å². The van der Waals surface area contributed by atoms with Crippen molar-refractivity contribution < 1.29 is 18.1 Å². The largest absolute Gasteiger partial charge is 0.586 e. The molecule has 1 aromatic rings. The third kappa shape index (κ3) is 5.85. The van der Waals surface area contributed by atoms with Crippen LogP contribution in [-0.2, 0) is 24.6 Å². The molecule has 4 nitrogen and oxygen atoms in total. The van der Waals surface area contributed by atoms with Gasteiger partial charge in [0.2, 0.25) is 0 Å². The van der Waals surface area contributed by atoms with Gasteiger partial charge in [-0.2, -0.15) is 0 Å². The predicted octanol–water partition coefficient (Wildman–Crippen LogP) is 6.11. The molecular formula is C19H27O4P. The monoisotopic (exact) mass is 350 g/mol. The van der Waals surface area contributed by atoms with Crippen LogP contribution in [0.25, 0.3) is 0 Å². The van der Waals surface area contributed by atoms with Crippen molar-refractivity contribution in [1.82, 2.24) is 0 Å². The van der Waals surface area contributed by atoms with Crippen LogP contribution < -0.4 is 0 Å². The van der Waals surface area contributed by atoms with Gasteiger partial charge in [-0.05, 0) is 42.7 Å². The van der Waals surface area contributed by atoms with Crippen molar-refractivity contribution in [2.45, 2.75) is 50.9 Å². The second-order valence-corrected chi connectivity index (χ2v) is 7.58. The molecule has 132 valence electrons. The van der Waals surface area contributed by atoms with Crippen molar-refractivity contribution in [3.8, 4) is 0 Å². The fourth-order valence-electron chi connectivity index (χ4n) is 3.16. The van der Waals surface area contributed by atoms with Gasteiger partial charge in [0.05, 0.1) is 19.1 Å². The number of phosphoric acid groups is 1. The van der Waals surface area contributed by atoms with Gasteiger partial charge in [0.1, 0.15) is 0 Å². The maximum absolute atomic E-state index is 12.1. The van der Waals surface area contributed by atoms with E-state index in [1.807, 2.05) is 0 Å². The van der Waals surface area contributed by atoms with Crippen molar-refractivity contribution in [2.24, 2.45) is 0 Å². The first-order valence-corrected chi connectivity index (χ1v) is 10.0. The molecule has 0 amide bonds. The third-order valence-electron chi connectivity index (χ3n) is 4.29. The maximum atomic E-state index is 12.1. The highest BCUT2D eigenvalue weighted by molar-refractivity contribution is 7.48. The van der Waals surface area contributed by atoms with Gasteiger partial charge in [-0.25, -0.2) is 4.57 Å². The molecule has 2 rings (SSSR count). The van der Waals surface area contributed by atoms with Gasteiger partial charge in [-0.1, -0.05) is 56.7 Å². The lowest BCUT2D eigenvalue weighted by atomic mass is 9.83. The molecule has 1 aliphatic rings. The molecule has 0 bridgehead atoms. The highest BCUT2D eigenvalue weighted by Gasteiger charge is 2.26. The van der Waals surface area contributed by atoms with Crippen molar-refractivity contribution in [2.75, 3.05) is 6.61 Å². The van der Waals surface area contributed by atoms with Gasteiger partial charge in [0.15, 0.2) is 0 Å². The molecule has 1 aliphatic carbocycles. The average Bonchev–Trinajstić information content (AvgIpc) is 2.60. The van der Waals surface area contributed by atoms with Gasteiger partial charge >= 0.3 is 7.82 Å². The van der Waals surface area contributed by atoms with Crippen molar-refractivity contribution in [3.63, 3.8) is 0 Å². The Balaban J connectivity index is 1.82. The van der Waals surface area contributed by atoms with Crippen molar-refractivity contribution in [3.05, 3.63) is 61.1 Å². The Morgan fingerprint density at radius 3 is 2.50 bits per heavy atom. The maximum Gasteiger partial charge on any atom is 0.586 e. The standard InChI is InChI=1S/C19H27O4P/c1-3-21-24(20,22-4-2)23-15-9-11-17-10-8-14-19(16-17)18-12-6-5-7-13-18/h3-4,8,10,14,16,18H,1-2,5-7,9,11-13,15H2. The first-order valence-electron chi connectivity index (χ1n) is 8.59. The first-order chi connectivity index (χ1) is 11.7. The molecule has 0 aliphatic heterocycles. The Morgan fingerprint density at radius 2 is 1.83 bits per heavy atom. The zero-order valence-electron chi connectivity index (χ0n) is 14.2. The molecule has 0 spiro atoms. The summed E-state index contributed by atoms with van der Waals surface area (Å²) in [4.78, 5) is 0. The van der Waals surface area contributed by atoms with Crippen LogP contribution in [0, 0.1) is 0 Å². The molecule has 0 radical (unpaired) electrons. The SMILES string of the molecule is C=COP(=O)(OC=C)OCCCc1cccc(C2CCCCC2)c1. The number of benzene rings is 1. The molecule has 24 heavy (non-hydrogen) atoms. The van der Waals surface area contributed by atoms with E-state index < -0.39 is 7.82 Å². The summed E-state index contributed by atoms with van der Waals surface area (Å²) in [7, 11) is -3.61. The summed E-state index contributed by atoms with van der Waals surface area (Å²) in [6.07, 6.45) is 10.3. The highest BCUT2D eigenvalue weighted by atomic mass is 31.2. The van der Waals surface area contributed by atoms with Gasteiger partial charge in [-0.3, -0.25) is 4.52 Å². The zero-order chi connectivity index (χ0) is 17.3. The minimum Gasteiger partial charge on any atom is -0.404 e. The van der Waals surface area contributed by atoms with Crippen LogP contribution in [0.3, 0.4) is 0 Å². The van der Waals surface area contributed by atoms with E-state index in [1.54, 1.807) is 0 Å². The Morgan fingerprint density at radius 1 is 1.12 bits per heavy atom. The van der Waals surface area contributed by atoms with Crippen LogP contribution in [-0.4, -0.2) is 6.61 Å². The number of rotatable bonds is 10. The summed E-state index contributed by atoms with van der Waals surface area (Å²) >= 11 is 0. The lowest BCUT2D eigenvalue weighted by Crippen LogP contribution is -2.05. The Hall–Kier alpha value is -1.51. The lowest BCUT2D eigenvalue weighted by molar-refractivity contribution is 0.178. The first kappa shape index (κ1) is 18.8. The Labute approximate surface area is 145 Å². The fraction of sp³-hybridized carbons (Fsp3) is 0.474. The van der Waals surface area contributed by atoms with E-state index in [4.69, 9.17) is 13.6 Å². The molecule has 0 unspecified atom stereocenters. The Kier molecular flexibility index (Phi) is 7.61. The minimum atomic E-state index is -3.61. The number of hydrogen-bond donors (Lipinski definition) is 0. The third-order valence-corrected chi connectivity index (χ3v) is 5.61. The summed E-state index contributed by atoms with van der Waals surface area (Å²) in [6, 6.07) is 8.80. The minimum absolute atomic E-state index is 0.284. The van der Waals surface area contributed by atoms with E-state index in [1.165, 1.54) is 43.2 Å². The Bertz CT molecular complexity index is 564. The van der Waals surface area contributed by atoms with E-state index in [2.05, 4.69) is 37.4 Å². The van der Waals surface area contributed by atoms with Crippen LogP contribution in [0.15, 0.2) is 49.9 Å².